The van der Waals surface area contributed by atoms with E-state index in [4.69, 9.17) is 24.9 Å². The van der Waals surface area contributed by atoms with Crippen molar-refractivity contribution >= 4 is 17.9 Å². The van der Waals surface area contributed by atoms with Gasteiger partial charge in [-0.05, 0) is 13.8 Å². The minimum absolute atomic E-state index is 0. The Bertz CT molecular complexity index is 152. The van der Waals surface area contributed by atoms with Gasteiger partial charge >= 0.3 is 25.4 Å². The minimum Gasteiger partial charge on any atom is -0.550 e. The molecule has 0 aliphatic carbocycles. The van der Waals surface area contributed by atoms with Crippen LogP contribution in [0.15, 0.2) is 0 Å². The summed E-state index contributed by atoms with van der Waals surface area (Å²) in [5.74, 6) is -3.13. The largest absolute Gasteiger partial charge is 2.00 e. The average Bonchev–Trinajstić information content (AvgIpc) is 1.84. The molecule has 0 aliphatic heterocycles. The van der Waals surface area contributed by atoms with Gasteiger partial charge in [-0.25, -0.2) is 0 Å². The Labute approximate surface area is 93.7 Å². The van der Waals surface area contributed by atoms with E-state index >= 15 is 0 Å². The van der Waals surface area contributed by atoms with Crippen LogP contribution in [0.25, 0.3) is 0 Å². The molecule has 0 amide bonds. The van der Waals surface area contributed by atoms with E-state index in [-0.39, 0.29) is 26.0 Å². The molecule has 0 saturated carbocycles. The number of carbonyl (C=O) groups excluding carboxylic acids is 2. The van der Waals surface area contributed by atoms with Gasteiger partial charge in [0.15, 0.2) is 0 Å². The third-order valence-electron chi connectivity index (χ3n) is 0.175. The summed E-state index contributed by atoms with van der Waals surface area (Å²) in [5.41, 5.74) is 4.57. The van der Waals surface area contributed by atoms with E-state index in [0.29, 0.717) is 0 Å². The van der Waals surface area contributed by atoms with Crippen LogP contribution in [0.5, 0.6) is 0 Å². The molecule has 0 atom stereocenters. The molecular formula is C6H11NO6Zn. The molecule has 7 nitrogen and oxygen atoms in total. The van der Waals surface area contributed by atoms with Gasteiger partial charge in [-0.1, -0.05) is 0 Å². The molecule has 0 spiro atoms. The number of rotatable bonds is 1. The first-order chi connectivity index (χ1) is 5.73. The topological polar surface area (TPSA) is 144 Å². The molecule has 0 aromatic rings. The minimum atomic E-state index is -1.08. The Morgan fingerprint density at radius 1 is 1.14 bits per heavy atom. The molecule has 0 aromatic heterocycles. The second-order valence-electron chi connectivity index (χ2n) is 1.58. The zero-order valence-corrected chi connectivity index (χ0v) is 10.9. The fourth-order valence-electron chi connectivity index (χ4n) is 0. The van der Waals surface area contributed by atoms with E-state index in [1.165, 1.54) is 0 Å². The first-order valence-electron chi connectivity index (χ1n) is 3.01. The Morgan fingerprint density at radius 3 is 1.21 bits per heavy atom. The van der Waals surface area contributed by atoms with E-state index in [1.807, 2.05) is 0 Å². The molecular weight excluding hydrogens is 247 g/mol. The van der Waals surface area contributed by atoms with Gasteiger partial charge in [0, 0.05) is 11.9 Å². The predicted octanol–water partition coefficient (Wildman–Crippen LogP) is -3.46. The molecule has 0 unspecified atom stereocenters. The zero-order chi connectivity index (χ0) is 11.4. The smallest absolute Gasteiger partial charge is 0.550 e. The SMILES string of the molecule is CC(=O)[O-].CC(=O)[O-].NCC(=O)O.[Zn+2]. The number of carboxylic acid groups (broad SMARTS) is 3. The number of hydrogen-bond acceptors (Lipinski definition) is 6. The van der Waals surface area contributed by atoms with Gasteiger partial charge in [-0.3, -0.25) is 4.79 Å². The van der Waals surface area contributed by atoms with Crippen molar-refractivity contribution in [3.63, 3.8) is 0 Å². The predicted molar refractivity (Wildman–Crippen MR) is 38.1 cm³/mol. The quantitative estimate of drug-likeness (QED) is 0.465. The first-order valence-corrected chi connectivity index (χ1v) is 3.01. The molecule has 78 valence electrons. The van der Waals surface area contributed by atoms with E-state index in [1.54, 1.807) is 0 Å². The number of aliphatic carboxylic acids is 3. The van der Waals surface area contributed by atoms with Crippen LogP contribution in [-0.2, 0) is 33.9 Å². The van der Waals surface area contributed by atoms with Gasteiger partial charge in [0.1, 0.15) is 0 Å². The number of carbonyl (C=O) groups is 3. The molecule has 0 fully saturated rings. The zero-order valence-electron chi connectivity index (χ0n) is 7.98. The summed E-state index contributed by atoms with van der Waals surface area (Å²) in [7, 11) is 0. The number of nitrogens with two attached hydrogens (primary N) is 1. The van der Waals surface area contributed by atoms with Gasteiger partial charge in [-0.15, -0.1) is 0 Å². The maximum Gasteiger partial charge on any atom is 2.00 e. The standard InChI is InChI=1S/C2H5NO2.2C2H4O2.Zn/c3-1-2(4)5;2*1-2(3)4;/h1,3H2,(H,4,5);2*1H3,(H,3,4);/q;;;+2/p-2. The van der Waals surface area contributed by atoms with Crippen LogP contribution in [0.1, 0.15) is 13.8 Å². The van der Waals surface area contributed by atoms with Crippen LogP contribution in [-0.4, -0.2) is 29.6 Å². The van der Waals surface area contributed by atoms with Crippen molar-refractivity contribution < 1.29 is 49.2 Å². The Kier molecular flexibility index (Phi) is 29.6. The fourth-order valence-corrected chi connectivity index (χ4v) is 0. The number of carboxylic acids is 3. The van der Waals surface area contributed by atoms with Crippen molar-refractivity contribution in [2.24, 2.45) is 5.73 Å². The van der Waals surface area contributed by atoms with E-state index < -0.39 is 17.9 Å². The van der Waals surface area contributed by atoms with E-state index in [9.17, 15) is 4.79 Å². The van der Waals surface area contributed by atoms with Gasteiger partial charge in [0.2, 0.25) is 0 Å². The second-order valence-corrected chi connectivity index (χ2v) is 1.58. The van der Waals surface area contributed by atoms with Gasteiger partial charge < -0.3 is 30.6 Å². The molecule has 0 heterocycles. The van der Waals surface area contributed by atoms with Crippen LogP contribution < -0.4 is 15.9 Å². The van der Waals surface area contributed by atoms with E-state index in [2.05, 4.69) is 5.73 Å². The third-order valence-corrected chi connectivity index (χ3v) is 0.175. The molecule has 0 aromatic carbocycles. The Balaban J connectivity index is -0.0000000522. The first kappa shape index (κ1) is 23.1. The Morgan fingerprint density at radius 2 is 1.21 bits per heavy atom. The summed E-state index contributed by atoms with van der Waals surface area (Å²) in [4.78, 5) is 27.0. The molecule has 0 radical (unpaired) electrons. The van der Waals surface area contributed by atoms with Crippen LogP contribution in [0.4, 0.5) is 0 Å². The Hall–Kier alpha value is -1.01. The molecule has 3 N–H and O–H groups in total. The van der Waals surface area contributed by atoms with Crippen molar-refractivity contribution in [2.75, 3.05) is 6.54 Å². The summed E-state index contributed by atoms with van der Waals surface area (Å²) in [6, 6.07) is 0. The molecule has 0 bridgehead atoms. The number of hydrogen-bond donors (Lipinski definition) is 2. The van der Waals surface area contributed by atoms with E-state index in [0.717, 1.165) is 13.8 Å². The van der Waals surface area contributed by atoms with Crippen molar-refractivity contribution in [2.45, 2.75) is 13.8 Å². The molecule has 14 heavy (non-hydrogen) atoms. The van der Waals surface area contributed by atoms with Crippen LogP contribution >= 0.6 is 0 Å². The molecule has 0 saturated heterocycles. The van der Waals surface area contributed by atoms with Gasteiger partial charge in [-0.2, -0.15) is 0 Å². The maximum absolute atomic E-state index is 9.24. The van der Waals surface area contributed by atoms with Crippen molar-refractivity contribution in [3.05, 3.63) is 0 Å². The maximum atomic E-state index is 9.24. The normalized spacial score (nSPS) is 6.21. The van der Waals surface area contributed by atoms with Gasteiger partial charge in [0.25, 0.3) is 0 Å². The van der Waals surface area contributed by atoms with Gasteiger partial charge in [0.05, 0.1) is 6.54 Å². The monoisotopic (exact) mass is 257 g/mol. The molecule has 0 aliphatic rings. The van der Waals surface area contributed by atoms with Crippen molar-refractivity contribution in [1.29, 1.82) is 0 Å². The second kappa shape index (κ2) is 17.9. The summed E-state index contributed by atoms with van der Waals surface area (Å²) in [6.45, 7) is 1.67. The van der Waals surface area contributed by atoms with Crippen molar-refractivity contribution in [1.82, 2.24) is 0 Å². The fraction of sp³-hybridized carbons (Fsp3) is 0.500. The van der Waals surface area contributed by atoms with Crippen LogP contribution in [0.2, 0.25) is 0 Å². The summed E-state index contributed by atoms with van der Waals surface area (Å²) < 4.78 is 0. The summed E-state index contributed by atoms with van der Waals surface area (Å²) in [5, 5.41) is 25.4. The average molecular weight is 259 g/mol. The molecule has 8 heteroatoms. The van der Waals surface area contributed by atoms with Crippen molar-refractivity contribution in [3.8, 4) is 0 Å². The molecule has 0 rings (SSSR count). The van der Waals surface area contributed by atoms with Crippen LogP contribution in [0, 0.1) is 0 Å². The van der Waals surface area contributed by atoms with Crippen LogP contribution in [0.3, 0.4) is 0 Å². The third kappa shape index (κ3) is 1110. The summed E-state index contributed by atoms with van der Waals surface area (Å²) >= 11 is 0. The summed E-state index contributed by atoms with van der Waals surface area (Å²) in [6.07, 6.45) is 0.